The molecule has 0 unspecified atom stereocenters. The summed E-state index contributed by atoms with van der Waals surface area (Å²) in [6, 6.07) is 22.7. The molecule has 3 rings (SSSR count). The SMILES string of the molecule is COCCNC(=O)c1cc(NC(=O)c2ccc(-c3ccccc3)cc2)ccc1N(C)C. The Morgan fingerprint density at radius 3 is 2.19 bits per heavy atom. The second-order valence-electron chi connectivity index (χ2n) is 7.27. The van der Waals surface area contributed by atoms with Gasteiger partial charge in [-0.2, -0.15) is 0 Å². The molecule has 31 heavy (non-hydrogen) atoms. The number of hydrogen-bond donors (Lipinski definition) is 2. The van der Waals surface area contributed by atoms with Gasteiger partial charge < -0.3 is 20.3 Å². The summed E-state index contributed by atoms with van der Waals surface area (Å²) in [6.45, 7) is 0.838. The Labute approximate surface area is 182 Å². The van der Waals surface area contributed by atoms with Gasteiger partial charge in [0.05, 0.1) is 12.2 Å². The molecule has 2 amide bonds. The lowest BCUT2D eigenvalue weighted by molar-refractivity contribution is 0.0936. The molecule has 0 atom stereocenters. The number of methoxy groups -OCH3 is 1. The van der Waals surface area contributed by atoms with Crippen LogP contribution in [-0.2, 0) is 4.74 Å². The number of benzene rings is 3. The minimum absolute atomic E-state index is 0.218. The van der Waals surface area contributed by atoms with E-state index in [1.54, 1.807) is 31.4 Å². The Morgan fingerprint density at radius 1 is 0.871 bits per heavy atom. The number of amides is 2. The molecule has 0 saturated carbocycles. The van der Waals surface area contributed by atoms with E-state index in [1.165, 1.54) is 0 Å². The van der Waals surface area contributed by atoms with E-state index in [2.05, 4.69) is 10.6 Å². The first-order valence-corrected chi connectivity index (χ1v) is 10.0. The molecule has 3 aromatic carbocycles. The smallest absolute Gasteiger partial charge is 0.255 e. The Bertz CT molecular complexity index is 1030. The van der Waals surface area contributed by atoms with Crippen molar-refractivity contribution in [2.75, 3.05) is 44.6 Å². The normalized spacial score (nSPS) is 10.4. The van der Waals surface area contributed by atoms with E-state index in [0.717, 1.165) is 16.8 Å². The maximum Gasteiger partial charge on any atom is 0.255 e. The van der Waals surface area contributed by atoms with Gasteiger partial charge in [0, 0.05) is 44.7 Å². The lowest BCUT2D eigenvalue weighted by atomic mass is 10.0. The van der Waals surface area contributed by atoms with E-state index in [9.17, 15) is 9.59 Å². The van der Waals surface area contributed by atoms with E-state index in [-0.39, 0.29) is 11.8 Å². The molecule has 6 nitrogen and oxygen atoms in total. The summed E-state index contributed by atoms with van der Waals surface area (Å²) in [4.78, 5) is 27.2. The highest BCUT2D eigenvalue weighted by molar-refractivity contribution is 6.06. The standard InChI is InChI=1S/C25H27N3O3/c1-28(2)23-14-13-21(17-22(23)25(30)26-15-16-31-3)27-24(29)20-11-9-19(10-12-20)18-7-5-4-6-8-18/h4-14,17H,15-16H2,1-3H3,(H,26,30)(H,27,29). The van der Waals surface area contributed by atoms with Crippen molar-refractivity contribution in [2.24, 2.45) is 0 Å². The molecule has 160 valence electrons. The summed E-state index contributed by atoms with van der Waals surface area (Å²) in [6.07, 6.45) is 0. The first-order valence-electron chi connectivity index (χ1n) is 10.0. The molecule has 0 spiro atoms. The average Bonchev–Trinajstić information content (AvgIpc) is 2.79. The van der Waals surface area contributed by atoms with E-state index >= 15 is 0 Å². The van der Waals surface area contributed by atoms with Crippen LogP contribution in [0.15, 0.2) is 72.8 Å². The van der Waals surface area contributed by atoms with E-state index in [0.29, 0.717) is 30.0 Å². The van der Waals surface area contributed by atoms with Crippen molar-refractivity contribution in [1.29, 1.82) is 0 Å². The molecule has 0 saturated heterocycles. The molecule has 2 N–H and O–H groups in total. The van der Waals surface area contributed by atoms with Crippen LogP contribution in [0.3, 0.4) is 0 Å². The van der Waals surface area contributed by atoms with Crippen molar-refractivity contribution >= 4 is 23.2 Å². The molecular formula is C25H27N3O3. The number of carbonyl (C=O) groups excluding carboxylic acids is 2. The Kier molecular flexibility index (Phi) is 7.40. The number of nitrogens with zero attached hydrogens (tertiary/aromatic N) is 1. The van der Waals surface area contributed by atoms with E-state index in [1.807, 2.05) is 67.5 Å². The maximum absolute atomic E-state index is 12.7. The van der Waals surface area contributed by atoms with Gasteiger partial charge in [-0.15, -0.1) is 0 Å². The highest BCUT2D eigenvalue weighted by Crippen LogP contribution is 2.24. The van der Waals surface area contributed by atoms with Crippen molar-refractivity contribution in [3.8, 4) is 11.1 Å². The summed E-state index contributed by atoms with van der Waals surface area (Å²) in [5, 5.41) is 5.71. The second-order valence-corrected chi connectivity index (χ2v) is 7.27. The van der Waals surface area contributed by atoms with E-state index < -0.39 is 0 Å². The van der Waals surface area contributed by atoms with Crippen molar-refractivity contribution in [2.45, 2.75) is 0 Å². The number of anilines is 2. The summed E-state index contributed by atoms with van der Waals surface area (Å²) in [7, 11) is 5.32. The third-order valence-corrected chi connectivity index (χ3v) is 4.83. The van der Waals surface area contributed by atoms with Crippen molar-refractivity contribution in [1.82, 2.24) is 5.32 Å². The van der Waals surface area contributed by atoms with Crippen LogP contribution in [0, 0.1) is 0 Å². The zero-order valence-electron chi connectivity index (χ0n) is 18.0. The molecule has 0 aliphatic heterocycles. The van der Waals surface area contributed by atoms with Gasteiger partial charge in [0.1, 0.15) is 0 Å². The summed E-state index contributed by atoms with van der Waals surface area (Å²) >= 11 is 0. The number of nitrogens with one attached hydrogen (secondary N) is 2. The lowest BCUT2D eigenvalue weighted by Crippen LogP contribution is -2.28. The quantitative estimate of drug-likeness (QED) is 0.543. The molecule has 0 aliphatic carbocycles. The van der Waals surface area contributed by atoms with Gasteiger partial charge in [-0.3, -0.25) is 9.59 Å². The van der Waals surface area contributed by atoms with Gasteiger partial charge in [-0.1, -0.05) is 42.5 Å². The fourth-order valence-corrected chi connectivity index (χ4v) is 3.20. The molecule has 0 heterocycles. The van der Waals surface area contributed by atoms with Crippen molar-refractivity contribution in [3.63, 3.8) is 0 Å². The molecule has 0 aromatic heterocycles. The highest BCUT2D eigenvalue weighted by atomic mass is 16.5. The molecule has 0 fully saturated rings. The number of ether oxygens (including phenoxy) is 1. The molecule has 0 bridgehead atoms. The minimum Gasteiger partial charge on any atom is -0.383 e. The second kappa shape index (κ2) is 10.4. The van der Waals surface area contributed by atoms with Gasteiger partial charge in [-0.25, -0.2) is 0 Å². The highest BCUT2D eigenvalue weighted by Gasteiger charge is 2.15. The molecular weight excluding hydrogens is 390 g/mol. The monoisotopic (exact) mass is 417 g/mol. The predicted octanol–water partition coefficient (Wildman–Crippen LogP) is 4.05. The topological polar surface area (TPSA) is 70.7 Å². The lowest BCUT2D eigenvalue weighted by Gasteiger charge is -2.18. The summed E-state index contributed by atoms with van der Waals surface area (Å²) in [5.41, 5.74) is 4.49. The largest absolute Gasteiger partial charge is 0.383 e. The van der Waals surface area contributed by atoms with Crippen molar-refractivity contribution < 1.29 is 14.3 Å². The first kappa shape index (κ1) is 22.1. The van der Waals surface area contributed by atoms with Crippen LogP contribution in [0.4, 0.5) is 11.4 Å². The van der Waals surface area contributed by atoms with Gasteiger partial charge in [0.25, 0.3) is 11.8 Å². The van der Waals surface area contributed by atoms with Crippen molar-refractivity contribution in [3.05, 3.63) is 83.9 Å². The van der Waals surface area contributed by atoms with Crippen LogP contribution in [0.25, 0.3) is 11.1 Å². The van der Waals surface area contributed by atoms with Crippen LogP contribution in [0.2, 0.25) is 0 Å². The fourth-order valence-electron chi connectivity index (χ4n) is 3.20. The zero-order valence-corrected chi connectivity index (χ0v) is 18.0. The number of hydrogen-bond acceptors (Lipinski definition) is 4. The van der Waals surface area contributed by atoms with Crippen LogP contribution in [0.1, 0.15) is 20.7 Å². The van der Waals surface area contributed by atoms with Crippen LogP contribution < -0.4 is 15.5 Å². The molecule has 0 radical (unpaired) electrons. The summed E-state index contributed by atoms with van der Waals surface area (Å²) in [5.74, 6) is -0.452. The Hall–Kier alpha value is -3.64. The van der Waals surface area contributed by atoms with Gasteiger partial charge in [0.15, 0.2) is 0 Å². The maximum atomic E-state index is 12.7. The van der Waals surface area contributed by atoms with Crippen LogP contribution in [-0.4, -0.2) is 46.2 Å². The summed E-state index contributed by atoms with van der Waals surface area (Å²) < 4.78 is 4.99. The van der Waals surface area contributed by atoms with Gasteiger partial charge >= 0.3 is 0 Å². The van der Waals surface area contributed by atoms with Crippen LogP contribution >= 0.6 is 0 Å². The molecule has 3 aromatic rings. The van der Waals surface area contributed by atoms with Gasteiger partial charge in [-0.05, 0) is 41.5 Å². The third kappa shape index (κ3) is 5.71. The number of rotatable bonds is 8. The third-order valence-electron chi connectivity index (χ3n) is 4.83. The zero-order chi connectivity index (χ0) is 22.2. The minimum atomic E-state index is -0.233. The Balaban J connectivity index is 1.76. The molecule has 0 aliphatic rings. The van der Waals surface area contributed by atoms with E-state index in [4.69, 9.17) is 4.74 Å². The van der Waals surface area contributed by atoms with Gasteiger partial charge in [0.2, 0.25) is 0 Å². The predicted molar refractivity (Wildman–Crippen MR) is 125 cm³/mol. The number of carbonyl (C=O) groups is 2. The molecule has 6 heteroatoms. The Morgan fingerprint density at radius 2 is 1.55 bits per heavy atom. The van der Waals surface area contributed by atoms with Crippen LogP contribution in [0.5, 0.6) is 0 Å². The first-order chi connectivity index (χ1) is 15.0. The fraction of sp³-hybridized carbons (Fsp3) is 0.200. The average molecular weight is 418 g/mol.